The van der Waals surface area contributed by atoms with Crippen LogP contribution >= 0.6 is 0 Å². The van der Waals surface area contributed by atoms with Crippen LogP contribution in [0.5, 0.6) is 0 Å². The van der Waals surface area contributed by atoms with Gasteiger partial charge >= 0.3 is 0 Å². The van der Waals surface area contributed by atoms with E-state index in [0.29, 0.717) is 18.5 Å². The molecule has 2 N–H and O–H groups in total. The second kappa shape index (κ2) is 6.04. The van der Waals surface area contributed by atoms with Gasteiger partial charge in [-0.2, -0.15) is 0 Å². The minimum Gasteiger partial charge on any atom is -0.316 e. The molecule has 21 heavy (non-hydrogen) atoms. The summed E-state index contributed by atoms with van der Waals surface area (Å²) >= 11 is 0. The summed E-state index contributed by atoms with van der Waals surface area (Å²) in [5, 5.41) is 2.99. The van der Waals surface area contributed by atoms with Crippen molar-refractivity contribution in [2.75, 3.05) is 18.6 Å². The molecule has 1 saturated heterocycles. The van der Waals surface area contributed by atoms with Crippen LogP contribution in [0, 0.1) is 6.92 Å². The maximum Gasteiger partial charge on any atom is 0.241 e. The molecule has 0 aromatic heterocycles. The zero-order valence-corrected chi connectivity index (χ0v) is 13.7. The summed E-state index contributed by atoms with van der Waals surface area (Å²) in [5.74, 6) is -0.0829. The Morgan fingerprint density at radius 2 is 2.05 bits per heavy atom. The second-order valence-corrected chi connectivity index (χ2v) is 9.20. The van der Waals surface area contributed by atoms with E-state index < -0.39 is 25.9 Å². The molecule has 1 aromatic rings. The molecule has 2 rings (SSSR count). The molecule has 1 aliphatic heterocycles. The Kier molecular flexibility index (Phi) is 4.72. The third kappa shape index (κ3) is 3.82. The highest BCUT2D eigenvalue weighted by Crippen LogP contribution is 2.21. The Bertz CT molecular complexity index is 727. The zero-order valence-electron chi connectivity index (χ0n) is 12.1. The van der Waals surface area contributed by atoms with Crippen molar-refractivity contribution in [3.05, 3.63) is 29.3 Å². The first kappa shape index (κ1) is 16.4. The average molecular weight is 332 g/mol. The van der Waals surface area contributed by atoms with Gasteiger partial charge in [0.25, 0.3) is 0 Å². The monoisotopic (exact) mass is 332 g/mol. The Balaban J connectivity index is 2.26. The highest BCUT2D eigenvalue weighted by Gasteiger charge is 2.32. The van der Waals surface area contributed by atoms with E-state index in [1.165, 1.54) is 0 Å². The van der Waals surface area contributed by atoms with E-state index in [9.17, 15) is 16.8 Å². The van der Waals surface area contributed by atoms with Crippen molar-refractivity contribution < 1.29 is 16.8 Å². The van der Waals surface area contributed by atoms with Gasteiger partial charge in [0.15, 0.2) is 9.84 Å². The molecule has 0 amide bonds. The van der Waals surface area contributed by atoms with E-state index in [-0.39, 0.29) is 16.4 Å². The molecule has 0 spiro atoms. The Labute approximate surface area is 125 Å². The molecule has 8 heteroatoms. The van der Waals surface area contributed by atoms with E-state index in [2.05, 4.69) is 10.0 Å². The van der Waals surface area contributed by atoms with Gasteiger partial charge < -0.3 is 5.32 Å². The molecule has 1 heterocycles. The van der Waals surface area contributed by atoms with Crippen LogP contribution in [0.3, 0.4) is 0 Å². The SMILES string of the molecule is CNCc1cccc(S(=O)(=O)NC2CCS(=O)(=O)C2)c1C. The van der Waals surface area contributed by atoms with Crippen molar-refractivity contribution in [1.82, 2.24) is 10.0 Å². The van der Waals surface area contributed by atoms with Crippen molar-refractivity contribution >= 4 is 19.9 Å². The lowest BCUT2D eigenvalue weighted by Gasteiger charge is -2.15. The third-order valence-electron chi connectivity index (χ3n) is 3.61. The molecule has 118 valence electrons. The fourth-order valence-corrected chi connectivity index (χ4v) is 5.84. The first-order valence-electron chi connectivity index (χ1n) is 6.71. The first-order chi connectivity index (χ1) is 9.75. The number of rotatable bonds is 5. The summed E-state index contributed by atoms with van der Waals surface area (Å²) in [7, 11) is -5.03. The van der Waals surface area contributed by atoms with Crippen LogP contribution in [0.15, 0.2) is 23.1 Å². The lowest BCUT2D eigenvalue weighted by Crippen LogP contribution is -2.36. The van der Waals surface area contributed by atoms with Crippen LogP contribution in [0.25, 0.3) is 0 Å². The normalized spacial score (nSPS) is 21.5. The zero-order chi connectivity index (χ0) is 15.7. The van der Waals surface area contributed by atoms with Gasteiger partial charge in [-0.25, -0.2) is 21.6 Å². The highest BCUT2D eigenvalue weighted by atomic mass is 32.2. The summed E-state index contributed by atoms with van der Waals surface area (Å²) < 4.78 is 50.3. The van der Waals surface area contributed by atoms with E-state index in [0.717, 1.165) is 5.56 Å². The number of benzene rings is 1. The van der Waals surface area contributed by atoms with Crippen LogP contribution in [-0.4, -0.2) is 41.4 Å². The molecule has 0 aliphatic carbocycles. The van der Waals surface area contributed by atoms with Crippen LogP contribution in [-0.2, 0) is 26.4 Å². The average Bonchev–Trinajstić information content (AvgIpc) is 2.70. The molecule has 6 nitrogen and oxygen atoms in total. The van der Waals surface area contributed by atoms with E-state index >= 15 is 0 Å². The van der Waals surface area contributed by atoms with Crippen molar-refractivity contribution in [2.24, 2.45) is 0 Å². The highest BCUT2D eigenvalue weighted by molar-refractivity contribution is 7.92. The van der Waals surface area contributed by atoms with Crippen LogP contribution in [0.4, 0.5) is 0 Å². The molecule has 1 fully saturated rings. The predicted octanol–water partition coefficient (Wildman–Crippen LogP) is 0.180. The summed E-state index contributed by atoms with van der Waals surface area (Å²) in [6.45, 7) is 2.33. The second-order valence-electron chi connectivity index (χ2n) is 5.29. The largest absolute Gasteiger partial charge is 0.316 e. The molecule has 1 atom stereocenters. The minimum absolute atomic E-state index is 0.0406. The molecule has 0 saturated carbocycles. The van der Waals surface area contributed by atoms with Gasteiger partial charge in [0.2, 0.25) is 10.0 Å². The predicted molar refractivity (Wildman–Crippen MR) is 81.3 cm³/mol. The smallest absolute Gasteiger partial charge is 0.241 e. The maximum atomic E-state index is 12.5. The van der Waals surface area contributed by atoms with E-state index in [1.54, 1.807) is 26.1 Å². The van der Waals surface area contributed by atoms with Gasteiger partial charge in [-0.3, -0.25) is 0 Å². The number of hydrogen-bond acceptors (Lipinski definition) is 5. The van der Waals surface area contributed by atoms with Crippen molar-refractivity contribution in [3.8, 4) is 0 Å². The van der Waals surface area contributed by atoms with Crippen molar-refractivity contribution in [2.45, 2.75) is 30.8 Å². The van der Waals surface area contributed by atoms with Gasteiger partial charge in [0.1, 0.15) is 0 Å². The van der Waals surface area contributed by atoms with Crippen LogP contribution < -0.4 is 10.0 Å². The van der Waals surface area contributed by atoms with Crippen LogP contribution in [0.1, 0.15) is 17.5 Å². The third-order valence-corrected chi connectivity index (χ3v) is 7.04. The number of hydrogen-bond donors (Lipinski definition) is 2. The quantitative estimate of drug-likeness (QED) is 0.802. The summed E-state index contributed by atoms with van der Waals surface area (Å²) in [5.41, 5.74) is 1.58. The Hall–Kier alpha value is -0.960. The van der Waals surface area contributed by atoms with Gasteiger partial charge in [-0.1, -0.05) is 12.1 Å². The van der Waals surface area contributed by atoms with E-state index in [4.69, 9.17) is 0 Å². The molecular weight excluding hydrogens is 312 g/mol. The Morgan fingerprint density at radius 3 is 2.62 bits per heavy atom. The molecule has 0 bridgehead atoms. The lowest BCUT2D eigenvalue weighted by molar-refractivity contribution is 0.561. The van der Waals surface area contributed by atoms with E-state index in [1.807, 2.05) is 6.07 Å². The summed E-state index contributed by atoms with van der Waals surface area (Å²) in [6.07, 6.45) is 0.330. The topological polar surface area (TPSA) is 92.3 Å². The fraction of sp³-hybridized carbons (Fsp3) is 0.538. The van der Waals surface area contributed by atoms with Crippen molar-refractivity contribution in [1.29, 1.82) is 0 Å². The fourth-order valence-electron chi connectivity index (χ4n) is 2.50. The van der Waals surface area contributed by atoms with Gasteiger partial charge in [0, 0.05) is 12.6 Å². The Morgan fingerprint density at radius 1 is 1.33 bits per heavy atom. The number of sulfone groups is 1. The number of nitrogens with one attached hydrogen (secondary N) is 2. The maximum absolute atomic E-state index is 12.5. The number of sulfonamides is 1. The lowest BCUT2D eigenvalue weighted by atomic mass is 10.1. The molecule has 0 radical (unpaired) electrons. The minimum atomic E-state index is -3.71. The van der Waals surface area contributed by atoms with Gasteiger partial charge in [0.05, 0.1) is 16.4 Å². The molecular formula is C13H20N2O4S2. The molecule has 1 unspecified atom stereocenters. The standard InChI is InChI=1S/C13H20N2O4S2/c1-10-11(8-14-2)4-3-5-13(10)21(18,19)15-12-6-7-20(16,17)9-12/h3-5,12,14-15H,6-9H2,1-2H3. The van der Waals surface area contributed by atoms with Gasteiger partial charge in [-0.05, 0) is 37.6 Å². The summed E-state index contributed by atoms with van der Waals surface area (Å²) in [6, 6.07) is 4.57. The summed E-state index contributed by atoms with van der Waals surface area (Å²) in [4.78, 5) is 0.208. The van der Waals surface area contributed by atoms with Crippen molar-refractivity contribution in [3.63, 3.8) is 0 Å². The molecule has 1 aliphatic rings. The van der Waals surface area contributed by atoms with Crippen LogP contribution in [0.2, 0.25) is 0 Å². The first-order valence-corrected chi connectivity index (χ1v) is 10.0. The van der Waals surface area contributed by atoms with Gasteiger partial charge in [-0.15, -0.1) is 0 Å². The molecule has 1 aromatic carbocycles.